The molecule has 2 aliphatic heterocycles. The third-order valence-corrected chi connectivity index (χ3v) is 4.37. The molecular weight excluding hydrogens is 206 g/mol. The lowest BCUT2D eigenvalue weighted by Crippen LogP contribution is -2.47. The fraction of sp³-hybridized carbons (Fsp3) is 1.00. The molecule has 0 aliphatic carbocycles. The van der Waals surface area contributed by atoms with Gasteiger partial charge in [-0.05, 0) is 7.05 Å². The van der Waals surface area contributed by atoms with Crippen LogP contribution < -0.4 is 0 Å². The van der Waals surface area contributed by atoms with E-state index in [1.165, 1.54) is 63.9 Å². The average Bonchev–Trinajstić information content (AvgIpc) is 2.30. The molecule has 0 bridgehead atoms. The van der Waals surface area contributed by atoms with Crippen molar-refractivity contribution in [1.29, 1.82) is 0 Å². The van der Waals surface area contributed by atoms with E-state index in [0.29, 0.717) is 0 Å². The number of likely N-dealkylation sites (N-methyl/N-ethyl adjacent to an activating group) is 1. The van der Waals surface area contributed by atoms with E-state index in [9.17, 15) is 0 Å². The maximum atomic E-state index is 2.62. The van der Waals surface area contributed by atoms with Gasteiger partial charge in [-0.25, -0.2) is 0 Å². The topological polar surface area (TPSA) is 9.72 Å². The van der Waals surface area contributed by atoms with Gasteiger partial charge >= 0.3 is 0 Å². The number of nitrogens with zero attached hydrogens (tertiary/aromatic N) is 3. The molecule has 0 saturated carbocycles. The van der Waals surface area contributed by atoms with Gasteiger partial charge in [-0.3, -0.25) is 4.90 Å². The van der Waals surface area contributed by atoms with E-state index in [0.717, 1.165) is 0 Å². The summed E-state index contributed by atoms with van der Waals surface area (Å²) in [5.41, 5.74) is 0. The molecule has 0 N–H and O–H groups in total. The van der Waals surface area contributed by atoms with Crippen LogP contribution in [0.25, 0.3) is 0 Å². The van der Waals surface area contributed by atoms with Gasteiger partial charge in [0.1, 0.15) is 0 Å². The van der Waals surface area contributed by atoms with Crippen molar-refractivity contribution in [2.75, 3.05) is 70.9 Å². The molecule has 2 aliphatic rings. The Morgan fingerprint density at radius 3 is 1.93 bits per heavy atom. The summed E-state index contributed by atoms with van der Waals surface area (Å²) in [6.07, 6.45) is 0. The number of hydrogen-bond donors (Lipinski definition) is 0. The van der Waals surface area contributed by atoms with E-state index in [4.69, 9.17) is 0 Å². The van der Waals surface area contributed by atoms with Gasteiger partial charge in [0.05, 0.1) is 0 Å². The Bertz CT molecular complexity index is 175. The summed E-state index contributed by atoms with van der Waals surface area (Å²) in [5.74, 6) is 2.67. The molecule has 2 saturated heterocycles. The van der Waals surface area contributed by atoms with Crippen LogP contribution in [-0.4, -0.2) is 85.6 Å². The highest BCUT2D eigenvalue weighted by Crippen LogP contribution is 2.09. The van der Waals surface area contributed by atoms with Gasteiger partial charge in [-0.2, -0.15) is 11.8 Å². The van der Waals surface area contributed by atoms with Crippen LogP contribution in [0.4, 0.5) is 0 Å². The fourth-order valence-corrected chi connectivity index (χ4v) is 3.16. The van der Waals surface area contributed by atoms with Crippen molar-refractivity contribution in [3.8, 4) is 0 Å². The molecule has 0 radical (unpaired) electrons. The normalized spacial score (nSPS) is 27.0. The van der Waals surface area contributed by atoms with Crippen LogP contribution in [0.1, 0.15) is 0 Å². The van der Waals surface area contributed by atoms with Crippen LogP contribution in [-0.2, 0) is 0 Å². The average molecular weight is 229 g/mol. The Labute approximate surface area is 97.8 Å². The predicted octanol–water partition coefficient (Wildman–Crippen LogP) is 0.283. The van der Waals surface area contributed by atoms with Gasteiger partial charge in [0.15, 0.2) is 0 Å². The largest absolute Gasteiger partial charge is 0.304 e. The molecule has 2 rings (SSSR count). The summed E-state index contributed by atoms with van der Waals surface area (Å²) in [6, 6.07) is 0. The molecule has 0 unspecified atom stereocenters. The van der Waals surface area contributed by atoms with Crippen molar-refractivity contribution in [1.82, 2.24) is 14.7 Å². The summed E-state index contributed by atoms with van der Waals surface area (Å²) in [4.78, 5) is 7.66. The standard InChI is InChI=1S/C11H23N3S/c1-12-2-4-13(5-3-12)6-7-14-8-10-15-11-9-14/h2-11H2,1H3. The Hall–Kier alpha value is 0.230. The summed E-state index contributed by atoms with van der Waals surface area (Å²) in [7, 11) is 2.22. The van der Waals surface area contributed by atoms with Gasteiger partial charge in [-0.15, -0.1) is 0 Å². The Morgan fingerprint density at radius 2 is 1.33 bits per heavy atom. The summed E-state index contributed by atoms with van der Waals surface area (Å²) in [6.45, 7) is 10.2. The summed E-state index contributed by atoms with van der Waals surface area (Å²) < 4.78 is 0. The zero-order valence-electron chi connectivity index (χ0n) is 9.82. The quantitative estimate of drug-likeness (QED) is 0.687. The van der Waals surface area contributed by atoms with Crippen LogP contribution in [0, 0.1) is 0 Å². The number of thioether (sulfide) groups is 1. The first-order valence-corrected chi connectivity index (χ1v) is 7.21. The van der Waals surface area contributed by atoms with Crippen molar-refractivity contribution in [2.45, 2.75) is 0 Å². The molecule has 2 heterocycles. The smallest absolute Gasteiger partial charge is 0.0110 e. The molecule has 3 nitrogen and oxygen atoms in total. The van der Waals surface area contributed by atoms with Crippen LogP contribution in [0.3, 0.4) is 0 Å². The second-order valence-corrected chi connectivity index (χ2v) is 5.82. The van der Waals surface area contributed by atoms with Gasteiger partial charge in [0.25, 0.3) is 0 Å². The van der Waals surface area contributed by atoms with Crippen LogP contribution in [0.15, 0.2) is 0 Å². The minimum atomic E-state index is 1.25. The third kappa shape index (κ3) is 3.94. The maximum Gasteiger partial charge on any atom is 0.0110 e. The molecular formula is C11H23N3S. The zero-order valence-corrected chi connectivity index (χ0v) is 10.6. The van der Waals surface area contributed by atoms with E-state index in [1.54, 1.807) is 0 Å². The molecule has 0 aromatic rings. The number of rotatable bonds is 3. The van der Waals surface area contributed by atoms with E-state index in [2.05, 4.69) is 33.5 Å². The Kier molecular flexibility index (Phi) is 4.75. The lowest BCUT2D eigenvalue weighted by molar-refractivity contribution is 0.137. The van der Waals surface area contributed by atoms with Crippen LogP contribution in [0.2, 0.25) is 0 Å². The lowest BCUT2D eigenvalue weighted by atomic mass is 10.3. The predicted molar refractivity (Wildman–Crippen MR) is 67.7 cm³/mol. The van der Waals surface area contributed by atoms with Crippen molar-refractivity contribution in [2.24, 2.45) is 0 Å². The highest BCUT2D eigenvalue weighted by molar-refractivity contribution is 7.99. The molecule has 2 fully saturated rings. The summed E-state index contributed by atoms with van der Waals surface area (Å²) in [5, 5.41) is 0. The first-order valence-electron chi connectivity index (χ1n) is 6.05. The van der Waals surface area contributed by atoms with Gasteiger partial charge in [-0.1, -0.05) is 0 Å². The van der Waals surface area contributed by atoms with E-state index >= 15 is 0 Å². The fourth-order valence-electron chi connectivity index (χ4n) is 2.18. The van der Waals surface area contributed by atoms with E-state index < -0.39 is 0 Å². The number of piperazine rings is 1. The monoisotopic (exact) mass is 229 g/mol. The third-order valence-electron chi connectivity index (χ3n) is 3.43. The van der Waals surface area contributed by atoms with Crippen molar-refractivity contribution in [3.05, 3.63) is 0 Å². The molecule has 0 atom stereocenters. The molecule has 4 heteroatoms. The van der Waals surface area contributed by atoms with Crippen molar-refractivity contribution < 1.29 is 0 Å². The van der Waals surface area contributed by atoms with Crippen LogP contribution in [0.5, 0.6) is 0 Å². The minimum Gasteiger partial charge on any atom is -0.304 e. The SMILES string of the molecule is CN1CCN(CCN2CCSCC2)CC1. The van der Waals surface area contributed by atoms with E-state index in [-0.39, 0.29) is 0 Å². The second kappa shape index (κ2) is 6.09. The van der Waals surface area contributed by atoms with Gasteiger partial charge in [0.2, 0.25) is 0 Å². The Balaban J connectivity index is 1.60. The van der Waals surface area contributed by atoms with Gasteiger partial charge < -0.3 is 9.80 Å². The van der Waals surface area contributed by atoms with Crippen LogP contribution >= 0.6 is 11.8 Å². The molecule has 88 valence electrons. The minimum absolute atomic E-state index is 1.25. The van der Waals surface area contributed by atoms with Crippen molar-refractivity contribution >= 4 is 11.8 Å². The molecule has 15 heavy (non-hydrogen) atoms. The number of hydrogen-bond acceptors (Lipinski definition) is 4. The zero-order chi connectivity index (χ0) is 10.5. The maximum absolute atomic E-state index is 2.62. The van der Waals surface area contributed by atoms with Crippen molar-refractivity contribution in [3.63, 3.8) is 0 Å². The highest BCUT2D eigenvalue weighted by atomic mass is 32.2. The second-order valence-electron chi connectivity index (χ2n) is 4.60. The summed E-state index contributed by atoms with van der Waals surface area (Å²) >= 11 is 2.10. The molecule has 0 spiro atoms. The molecule has 0 amide bonds. The molecule has 0 aromatic heterocycles. The lowest BCUT2D eigenvalue weighted by Gasteiger charge is -2.34. The highest BCUT2D eigenvalue weighted by Gasteiger charge is 2.15. The Morgan fingerprint density at radius 1 is 0.800 bits per heavy atom. The van der Waals surface area contributed by atoms with E-state index in [1.807, 2.05) is 0 Å². The molecule has 0 aromatic carbocycles. The first kappa shape index (κ1) is 11.7. The first-order chi connectivity index (χ1) is 7.34. The van der Waals surface area contributed by atoms with Gasteiger partial charge in [0, 0.05) is 63.9 Å².